The molecule has 3 amide bonds. The molecule has 4 aliphatic rings. The highest BCUT2D eigenvalue weighted by Crippen LogP contribution is 2.37. The third kappa shape index (κ3) is 9.63. The molecule has 16 nitrogen and oxygen atoms in total. The lowest BCUT2D eigenvalue weighted by Crippen LogP contribution is -2.47. The van der Waals surface area contributed by atoms with E-state index in [1.807, 2.05) is 108 Å². The number of carboxylic acid groups (broad SMARTS) is 1. The Morgan fingerprint density at radius 3 is 2.42 bits per heavy atom. The van der Waals surface area contributed by atoms with Crippen molar-refractivity contribution in [1.82, 2.24) is 30.0 Å². The molecule has 1 atom stereocenters. The number of anilines is 3. The number of aromatic carboxylic acids is 1. The van der Waals surface area contributed by atoms with Crippen molar-refractivity contribution in [1.29, 1.82) is 0 Å². The zero-order chi connectivity index (χ0) is 49.5. The molecule has 0 spiro atoms. The minimum atomic E-state index is -1.11. The fraction of sp³-hybridized carbons (Fsp3) is 0.364. The monoisotopic (exact) mass is 987 g/mol. The number of piperidine rings is 1. The van der Waals surface area contributed by atoms with Crippen molar-refractivity contribution < 1.29 is 33.8 Å². The Bertz CT molecular complexity index is 3190. The van der Waals surface area contributed by atoms with Crippen molar-refractivity contribution in [3.63, 3.8) is 0 Å². The minimum Gasteiger partial charge on any atom is -0.490 e. The van der Waals surface area contributed by atoms with Gasteiger partial charge in [-0.05, 0) is 116 Å². The number of para-hydroxylation sites is 2. The molecule has 0 bridgehead atoms. The predicted molar refractivity (Wildman–Crippen MR) is 277 cm³/mol. The summed E-state index contributed by atoms with van der Waals surface area (Å²) in [7, 11) is 1.93. The van der Waals surface area contributed by atoms with E-state index in [0.717, 1.165) is 119 Å². The molecule has 370 valence electrons. The van der Waals surface area contributed by atoms with Crippen molar-refractivity contribution >= 4 is 72.8 Å². The zero-order valence-corrected chi connectivity index (χ0v) is 41.3. The van der Waals surface area contributed by atoms with Crippen molar-refractivity contribution in [2.24, 2.45) is 7.05 Å². The summed E-state index contributed by atoms with van der Waals surface area (Å²) in [5.41, 5.74) is 8.41. The van der Waals surface area contributed by atoms with Crippen LogP contribution in [0.25, 0.3) is 32.2 Å². The Kier molecular flexibility index (Phi) is 13.2. The average molecular weight is 988 g/mol. The summed E-state index contributed by atoms with van der Waals surface area (Å²) in [5, 5.41) is 22.2. The van der Waals surface area contributed by atoms with Crippen molar-refractivity contribution in [2.45, 2.75) is 76.5 Å². The number of ether oxygens (including phenoxy) is 2. The first-order chi connectivity index (χ1) is 35.0. The number of thiazole rings is 1. The molecule has 72 heavy (non-hydrogen) atoms. The van der Waals surface area contributed by atoms with E-state index in [2.05, 4.69) is 31.5 Å². The van der Waals surface area contributed by atoms with E-state index >= 15 is 0 Å². The smallest absolute Gasteiger partial charge is 0.355 e. The Hall–Kier alpha value is -7.21. The van der Waals surface area contributed by atoms with Gasteiger partial charge in [0.2, 0.25) is 11.8 Å². The van der Waals surface area contributed by atoms with Gasteiger partial charge >= 0.3 is 5.97 Å². The highest BCUT2D eigenvalue weighted by atomic mass is 32.1. The maximum Gasteiger partial charge on any atom is 0.355 e. The Balaban J connectivity index is 0.656. The van der Waals surface area contributed by atoms with E-state index in [0.29, 0.717) is 61.0 Å². The lowest BCUT2D eigenvalue weighted by Gasteiger charge is -2.36. The molecule has 17 heteroatoms. The molecule has 0 radical (unpaired) electrons. The van der Waals surface area contributed by atoms with Crippen molar-refractivity contribution in [2.75, 3.05) is 61.0 Å². The number of carbonyl (C=O) groups excluding carboxylic acids is 3. The number of carboxylic acids is 1. The second kappa shape index (κ2) is 20.1. The number of pyridine rings is 1. The number of aryl methyl sites for hydroxylation is 2. The van der Waals surface area contributed by atoms with Gasteiger partial charge in [0.25, 0.3) is 5.91 Å². The number of amides is 3. The van der Waals surface area contributed by atoms with Gasteiger partial charge in [0.05, 0.1) is 51.8 Å². The van der Waals surface area contributed by atoms with E-state index in [9.17, 15) is 24.3 Å². The van der Waals surface area contributed by atoms with E-state index < -0.39 is 11.9 Å². The van der Waals surface area contributed by atoms with Crippen LogP contribution in [0.5, 0.6) is 5.75 Å². The normalized spacial score (nSPS) is 19.6. The summed E-state index contributed by atoms with van der Waals surface area (Å²) in [6, 6.07) is 29.3. The second-order valence-corrected chi connectivity index (χ2v) is 20.3. The van der Waals surface area contributed by atoms with E-state index in [1.54, 1.807) is 0 Å². The van der Waals surface area contributed by atoms with Crippen molar-refractivity contribution in [3.8, 4) is 16.9 Å². The lowest BCUT2D eigenvalue weighted by molar-refractivity contribution is -0.134. The molecule has 3 N–H and O–H groups in total. The number of aromatic nitrogens is 4. The quantitative estimate of drug-likeness (QED) is 0.0943. The van der Waals surface area contributed by atoms with Crippen molar-refractivity contribution in [3.05, 3.63) is 125 Å². The highest BCUT2D eigenvalue weighted by molar-refractivity contribution is 7.22. The Morgan fingerprint density at radius 1 is 0.833 bits per heavy atom. The first-order valence-electron chi connectivity index (χ1n) is 25.0. The van der Waals surface area contributed by atoms with Gasteiger partial charge in [-0.1, -0.05) is 53.8 Å². The topological polar surface area (TPSA) is 184 Å². The van der Waals surface area contributed by atoms with Crippen LogP contribution in [0.3, 0.4) is 0 Å². The number of benzene rings is 4. The van der Waals surface area contributed by atoms with Gasteiger partial charge in [-0.25, -0.2) is 14.8 Å². The fourth-order valence-corrected chi connectivity index (χ4v) is 11.8. The van der Waals surface area contributed by atoms with Crippen LogP contribution in [0, 0.1) is 6.92 Å². The molecule has 4 aromatic carbocycles. The maximum atomic E-state index is 13.6. The number of hydrogen-bond acceptors (Lipinski definition) is 13. The average Bonchev–Trinajstić information content (AvgIpc) is 3.96. The molecular formula is C55H57N9O7S. The number of piperazine rings is 1. The van der Waals surface area contributed by atoms with Gasteiger partial charge in [0.1, 0.15) is 11.6 Å². The van der Waals surface area contributed by atoms with E-state index in [4.69, 9.17) is 19.6 Å². The first kappa shape index (κ1) is 47.1. The van der Waals surface area contributed by atoms with Gasteiger partial charge in [-0.3, -0.25) is 34.6 Å². The summed E-state index contributed by atoms with van der Waals surface area (Å²) in [5.74, 6) is -0.971. The summed E-state index contributed by atoms with van der Waals surface area (Å²) in [6.07, 6.45) is 5.36. The van der Waals surface area contributed by atoms with Crippen LogP contribution in [0.4, 0.5) is 16.6 Å². The van der Waals surface area contributed by atoms with Crippen LogP contribution in [-0.2, 0) is 34.3 Å². The van der Waals surface area contributed by atoms with Crippen LogP contribution in [0.15, 0.2) is 91.0 Å². The van der Waals surface area contributed by atoms with Crippen LogP contribution in [0.1, 0.15) is 87.7 Å². The molecule has 1 saturated carbocycles. The molecule has 3 aromatic heterocycles. The zero-order valence-electron chi connectivity index (χ0n) is 40.4. The SMILES string of the molecule is Cc1cc(OC2CCC(OCCN3CCN(c4cccc5c(C6CCC(=O)NC6=O)nn(C)c45)CC3)CC2)ccc1-c1ccc(N2CCc3cccc(C(=O)Nc4nc5ccccc5s4)c3C2)nc1C(=O)O. The summed E-state index contributed by atoms with van der Waals surface area (Å²) in [4.78, 5) is 67.1. The molecule has 3 fully saturated rings. The molecule has 2 saturated heterocycles. The largest absolute Gasteiger partial charge is 0.490 e. The van der Waals surface area contributed by atoms with Crippen LogP contribution in [-0.4, -0.2) is 112 Å². The number of fused-ring (bicyclic) bond motifs is 3. The number of carbonyl (C=O) groups is 4. The summed E-state index contributed by atoms with van der Waals surface area (Å²) >= 11 is 1.43. The lowest BCUT2D eigenvalue weighted by atomic mass is 9.92. The Morgan fingerprint density at radius 2 is 1.62 bits per heavy atom. The number of hydrogen-bond donors (Lipinski definition) is 3. The highest BCUT2D eigenvalue weighted by Gasteiger charge is 2.33. The summed E-state index contributed by atoms with van der Waals surface area (Å²) in [6.45, 7) is 8.14. The maximum absolute atomic E-state index is 13.6. The predicted octanol–water partition coefficient (Wildman–Crippen LogP) is 8.12. The molecule has 1 aliphatic carbocycles. The third-order valence-corrected chi connectivity index (χ3v) is 15.7. The minimum absolute atomic E-state index is 0.0281. The molecule has 1 unspecified atom stereocenters. The standard InChI is InChI=1S/C55H57N9O7S/c1-33-31-37(71-36-15-13-35(14-16-36)70-30-29-62-25-27-63(28-26-62)45-11-6-9-41-49(60-61(2)51(41)45)42-20-22-48(65)58-53(42)67)17-18-38(33)39-19-21-47(57-50(39)54(68)69)64-24-23-34-7-5-8-40(43(34)32-64)52(66)59-55-56-44-10-3-4-12-46(44)72-55/h3-12,17-19,21,31,35-36,42H,13-16,20,22-30,32H2,1-2H3,(H,68,69)(H,56,59,66)(H,58,65,67). The number of nitrogens with zero attached hydrogens (tertiary/aromatic N) is 7. The molecule has 7 aromatic rings. The third-order valence-electron chi connectivity index (χ3n) is 14.8. The van der Waals surface area contributed by atoms with Gasteiger partial charge in [-0.15, -0.1) is 0 Å². The van der Waals surface area contributed by atoms with Gasteiger partial charge < -0.3 is 24.4 Å². The molecule has 6 heterocycles. The van der Waals surface area contributed by atoms with Crippen LogP contribution in [0.2, 0.25) is 0 Å². The molecular weight excluding hydrogens is 931 g/mol. The fourth-order valence-electron chi connectivity index (χ4n) is 11.0. The Labute approximate surface area is 420 Å². The number of rotatable bonds is 13. The van der Waals surface area contributed by atoms with Gasteiger partial charge in [0, 0.05) is 75.8 Å². The number of imide groups is 1. The molecule has 3 aliphatic heterocycles. The summed E-state index contributed by atoms with van der Waals surface area (Å²) < 4.78 is 15.8. The molecule has 11 rings (SSSR count). The number of nitrogens with one attached hydrogen (secondary N) is 2. The second-order valence-electron chi connectivity index (χ2n) is 19.3. The van der Waals surface area contributed by atoms with Crippen LogP contribution < -0.4 is 25.2 Å². The first-order valence-corrected chi connectivity index (χ1v) is 25.8. The van der Waals surface area contributed by atoms with E-state index in [-0.39, 0.29) is 35.6 Å². The van der Waals surface area contributed by atoms with Crippen LogP contribution >= 0.6 is 11.3 Å². The van der Waals surface area contributed by atoms with Gasteiger partial charge in [-0.2, -0.15) is 5.10 Å². The van der Waals surface area contributed by atoms with Gasteiger partial charge in [0.15, 0.2) is 10.8 Å². The van der Waals surface area contributed by atoms with E-state index in [1.165, 1.54) is 11.3 Å².